The summed E-state index contributed by atoms with van der Waals surface area (Å²) in [6, 6.07) is 3.91. The molecule has 22 heavy (non-hydrogen) atoms. The van der Waals surface area contributed by atoms with Crippen LogP contribution >= 0.6 is 28.3 Å². The summed E-state index contributed by atoms with van der Waals surface area (Å²) in [5.41, 5.74) is 3.77. The normalized spacial score (nSPS) is 26.0. The predicted molar refractivity (Wildman–Crippen MR) is 88.5 cm³/mol. The van der Waals surface area contributed by atoms with Crippen molar-refractivity contribution in [2.24, 2.45) is 10.7 Å². The number of hydrogen-bond donors (Lipinski definition) is 1. The molecule has 4 nitrogen and oxygen atoms in total. The predicted octanol–water partition coefficient (Wildman–Crippen LogP) is 2.74. The number of aliphatic imine (C=N–C) groups is 1. The van der Waals surface area contributed by atoms with Crippen molar-refractivity contribution < 1.29 is 17.2 Å². The molecular formula is C13H16BrClF2N2O2S. The highest BCUT2D eigenvalue weighted by atomic mass is 79.9. The Labute approximate surface area is 142 Å². The lowest BCUT2D eigenvalue weighted by molar-refractivity contribution is 0.323. The molecule has 0 saturated carbocycles. The van der Waals surface area contributed by atoms with Crippen LogP contribution in [0.3, 0.4) is 0 Å². The number of halogens is 4. The van der Waals surface area contributed by atoms with Crippen LogP contribution in [0.15, 0.2) is 27.7 Å². The summed E-state index contributed by atoms with van der Waals surface area (Å²) in [6.07, 6.45) is 0. The molecule has 0 radical (unpaired) electrons. The molecule has 9 heteroatoms. The van der Waals surface area contributed by atoms with Crippen molar-refractivity contribution in [3.63, 3.8) is 0 Å². The van der Waals surface area contributed by atoms with E-state index in [1.807, 2.05) is 0 Å². The van der Waals surface area contributed by atoms with Crippen LogP contribution in [-0.2, 0) is 15.4 Å². The molecule has 0 spiro atoms. The van der Waals surface area contributed by atoms with E-state index in [-0.39, 0.29) is 23.8 Å². The first kappa shape index (κ1) is 19.3. The average molecular weight is 418 g/mol. The van der Waals surface area contributed by atoms with E-state index in [2.05, 4.69) is 20.9 Å². The molecule has 124 valence electrons. The number of nitrogens with zero attached hydrogens (tertiary/aromatic N) is 1. The molecule has 0 amide bonds. The molecule has 1 aliphatic heterocycles. The summed E-state index contributed by atoms with van der Waals surface area (Å²) in [5, 5.41) is 0. The van der Waals surface area contributed by atoms with Crippen LogP contribution in [0.25, 0.3) is 0 Å². The lowest BCUT2D eigenvalue weighted by Gasteiger charge is -2.38. The van der Waals surface area contributed by atoms with Crippen LogP contribution in [0.2, 0.25) is 0 Å². The van der Waals surface area contributed by atoms with Gasteiger partial charge in [0.1, 0.15) is 28.6 Å². The highest BCUT2D eigenvalue weighted by Gasteiger charge is 2.51. The maximum atomic E-state index is 14.1. The number of nitrogens with two attached hydrogens (primary N) is 1. The zero-order valence-electron chi connectivity index (χ0n) is 11.9. The molecule has 1 aromatic rings. The zero-order valence-corrected chi connectivity index (χ0v) is 15.2. The van der Waals surface area contributed by atoms with E-state index in [1.165, 1.54) is 26.0 Å². The molecule has 2 N–H and O–H groups in total. The largest absolute Gasteiger partial charge is 0.386 e. The minimum absolute atomic E-state index is 0. The van der Waals surface area contributed by atoms with E-state index < -0.39 is 38.4 Å². The van der Waals surface area contributed by atoms with Crippen molar-refractivity contribution in [2.45, 2.75) is 24.1 Å². The van der Waals surface area contributed by atoms with Gasteiger partial charge in [-0.2, -0.15) is 0 Å². The van der Waals surface area contributed by atoms with Gasteiger partial charge in [0.15, 0.2) is 9.84 Å². The van der Waals surface area contributed by atoms with E-state index in [9.17, 15) is 17.2 Å². The molecule has 1 aromatic carbocycles. The van der Waals surface area contributed by atoms with Gasteiger partial charge in [-0.3, -0.25) is 4.99 Å². The topological polar surface area (TPSA) is 72.5 Å². The molecule has 0 bridgehead atoms. The second-order valence-corrected chi connectivity index (χ2v) is 9.01. The highest BCUT2D eigenvalue weighted by Crippen LogP contribution is 2.39. The molecule has 0 saturated heterocycles. The summed E-state index contributed by atoms with van der Waals surface area (Å²) in [7, 11) is -3.79. The minimum atomic E-state index is -3.79. The van der Waals surface area contributed by atoms with Crippen molar-refractivity contribution in [2.75, 3.05) is 12.4 Å². The van der Waals surface area contributed by atoms with Crippen LogP contribution in [0.5, 0.6) is 0 Å². The Bertz CT molecular complexity index is 725. The van der Waals surface area contributed by atoms with Gasteiger partial charge in [-0.25, -0.2) is 17.2 Å². The fraction of sp³-hybridized carbons (Fsp3) is 0.462. The van der Waals surface area contributed by atoms with E-state index in [1.54, 1.807) is 0 Å². The Morgan fingerprint density at radius 3 is 2.50 bits per heavy atom. The van der Waals surface area contributed by atoms with Crippen LogP contribution in [0.1, 0.15) is 19.4 Å². The van der Waals surface area contributed by atoms with Gasteiger partial charge >= 0.3 is 0 Å². The smallest absolute Gasteiger partial charge is 0.165 e. The summed E-state index contributed by atoms with van der Waals surface area (Å²) in [4.78, 5) is 4.03. The Hall–Kier alpha value is -0.730. The maximum absolute atomic E-state index is 14.1. The molecule has 1 heterocycles. The molecule has 1 atom stereocenters. The van der Waals surface area contributed by atoms with E-state index in [4.69, 9.17) is 5.73 Å². The van der Waals surface area contributed by atoms with Gasteiger partial charge in [0.25, 0.3) is 0 Å². The fourth-order valence-electron chi connectivity index (χ4n) is 2.18. The third-order valence-corrected chi connectivity index (χ3v) is 6.92. The van der Waals surface area contributed by atoms with Gasteiger partial charge in [-0.15, -0.1) is 12.4 Å². The van der Waals surface area contributed by atoms with E-state index in [0.717, 1.165) is 6.07 Å². The van der Waals surface area contributed by atoms with E-state index in [0.29, 0.717) is 4.47 Å². The fourth-order valence-corrected chi connectivity index (χ4v) is 4.20. The van der Waals surface area contributed by atoms with Gasteiger partial charge in [0.05, 0.1) is 5.75 Å². The number of hydrogen-bond acceptors (Lipinski definition) is 4. The van der Waals surface area contributed by atoms with Crippen molar-refractivity contribution in [1.82, 2.24) is 0 Å². The van der Waals surface area contributed by atoms with Crippen LogP contribution in [-0.4, -0.2) is 31.4 Å². The van der Waals surface area contributed by atoms with Gasteiger partial charge in [-0.05, 0) is 32.0 Å². The number of amidine groups is 1. The second kappa shape index (κ2) is 6.05. The summed E-state index contributed by atoms with van der Waals surface area (Å²) >= 11 is 3.16. The molecule has 0 aromatic heterocycles. The molecule has 1 unspecified atom stereocenters. The molecular weight excluding hydrogens is 402 g/mol. The summed E-state index contributed by atoms with van der Waals surface area (Å²) in [6.45, 7) is 1.65. The highest BCUT2D eigenvalue weighted by molar-refractivity contribution is 9.10. The van der Waals surface area contributed by atoms with Gasteiger partial charge in [0, 0.05) is 10.0 Å². The number of rotatable bonds is 2. The lowest BCUT2D eigenvalue weighted by atomic mass is 9.92. The zero-order chi connectivity index (χ0) is 16.1. The van der Waals surface area contributed by atoms with Gasteiger partial charge in [0.2, 0.25) is 0 Å². The molecule has 0 fully saturated rings. The van der Waals surface area contributed by atoms with Gasteiger partial charge < -0.3 is 5.73 Å². The summed E-state index contributed by atoms with van der Waals surface area (Å²) < 4.78 is 51.7. The Morgan fingerprint density at radius 1 is 1.41 bits per heavy atom. The average Bonchev–Trinajstić information content (AvgIpc) is 2.38. The Morgan fingerprint density at radius 2 is 2.00 bits per heavy atom. The second-order valence-electron chi connectivity index (χ2n) is 5.56. The Kier molecular flexibility index (Phi) is 5.31. The molecule has 1 aliphatic rings. The standard InChI is InChI=1S/C13H15BrF2N2O2S.ClH/c1-12(2)11(17)18-13(6-15,7-21(12,19)20)9-5-8(14)3-4-10(9)16;/h3-5H,6-7H2,1-2H3,(H2,17,18);1H. The van der Waals surface area contributed by atoms with Crippen molar-refractivity contribution >= 4 is 44.0 Å². The third kappa shape index (κ3) is 2.88. The third-order valence-electron chi connectivity index (χ3n) is 3.81. The van der Waals surface area contributed by atoms with Crippen LogP contribution in [0.4, 0.5) is 8.78 Å². The van der Waals surface area contributed by atoms with Crippen molar-refractivity contribution in [3.05, 3.63) is 34.1 Å². The van der Waals surface area contributed by atoms with Crippen molar-refractivity contribution in [3.8, 4) is 0 Å². The number of alkyl halides is 1. The quantitative estimate of drug-likeness (QED) is 0.804. The number of benzene rings is 1. The monoisotopic (exact) mass is 416 g/mol. The first-order valence-corrected chi connectivity index (χ1v) is 8.60. The van der Waals surface area contributed by atoms with E-state index >= 15 is 0 Å². The lowest BCUT2D eigenvalue weighted by Crippen LogP contribution is -2.56. The molecule has 0 aliphatic carbocycles. The van der Waals surface area contributed by atoms with Crippen LogP contribution in [0, 0.1) is 5.82 Å². The number of sulfone groups is 1. The first-order chi connectivity index (χ1) is 9.56. The summed E-state index contributed by atoms with van der Waals surface area (Å²) in [5.74, 6) is -1.56. The van der Waals surface area contributed by atoms with Crippen molar-refractivity contribution in [1.29, 1.82) is 0 Å². The molecule has 2 rings (SSSR count). The van der Waals surface area contributed by atoms with Gasteiger partial charge in [-0.1, -0.05) is 15.9 Å². The first-order valence-electron chi connectivity index (χ1n) is 6.15. The van der Waals surface area contributed by atoms with Crippen LogP contribution < -0.4 is 5.73 Å². The Balaban J connectivity index is 0.00000242. The maximum Gasteiger partial charge on any atom is 0.165 e. The minimum Gasteiger partial charge on any atom is -0.386 e. The SMILES string of the molecule is CC1(C)C(N)=NC(CF)(c2cc(Br)ccc2F)CS1(=O)=O.Cl.